The molecule has 0 aromatic heterocycles. The maximum Gasteiger partial charge on any atom is 0.406 e. The van der Waals surface area contributed by atoms with Crippen molar-refractivity contribution in [3.63, 3.8) is 0 Å². The molecule has 3 aliphatic rings. The zero-order valence-corrected chi connectivity index (χ0v) is 26.4. The van der Waals surface area contributed by atoms with Crippen molar-refractivity contribution in [2.75, 3.05) is 24.5 Å². The van der Waals surface area contributed by atoms with Crippen LogP contribution < -0.4 is 10.2 Å². The molecule has 0 bridgehead atoms. The summed E-state index contributed by atoms with van der Waals surface area (Å²) < 4.78 is 41.3. The van der Waals surface area contributed by atoms with Crippen molar-refractivity contribution < 1.29 is 22.8 Å². The van der Waals surface area contributed by atoms with Gasteiger partial charge in [0.1, 0.15) is 12.7 Å². The first-order valence-electron chi connectivity index (χ1n) is 16.6. The molecule has 5 nitrogen and oxygen atoms in total. The van der Waals surface area contributed by atoms with Gasteiger partial charge in [-0.2, -0.15) is 13.2 Å². The number of piperidine rings is 1. The molecule has 0 radical (unpaired) electrons. The monoisotopic (exact) mass is 629 g/mol. The summed E-state index contributed by atoms with van der Waals surface area (Å²) in [6.45, 7) is 1.34. The van der Waals surface area contributed by atoms with E-state index in [0.29, 0.717) is 32.2 Å². The van der Waals surface area contributed by atoms with Crippen molar-refractivity contribution in [3.8, 4) is 11.1 Å². The van der Waals surface area contributed by atoms with Crippen molar-refractivity contribution in [2.24, 2.45) is 0 Å². The number of carbonyl (C=O) groups is 2. The number of halogens is 3. The topological polar surface area (TPSA) is 52.7 Å². The first-order valence-corrected chi connectivity index (χ1v) is 16.6. The van der Waals surface area contributed by atoms with Crippen molar-refractivity contribution in [2.45, 2.75) is 82.0 Å². The van der Waals surface area contributed by atoms with E-state index in [-0.39, 0.29) is 18.6 Å². The number of hydrogen-bond acceptors (Lipinski definition) is 3. The van der Waals surface area contributed by atoms with Crippen LogP contribution >= 0.6 is 0 Å². The van der Waals surface area contributed by atoms with E-state index in [1.54, 1.807) is 0 Å². The number of fused-ring (bicyclic) bond motifs is 3. The van der Waals surface area contributed by atoms with Gasteiger partial charge in [-0.25, -0.2) is 0 Å². The summed E-state index contributed by atoms with van der Waals surface area (Å²) >= 11 is 0. The molecule has 46 heavy (non-hydrogen) atoms. The molecule has 1 fully saturated rings. The number of nitrogens with one attached hydrogen (secondary N) is 1. The van der Waals surface area contributed by atoms with Crippen LogP contribution in [0.3, 0.4) is 0 Å². The predicted octanol–water partition coefficient (Wildman–Crippen LogP) is 8.10. The number of hydrogen-bond donors (Lipinski definition) is 1. The third-order valence-corrected chi connectivity index (χ3v) is 9.89. The van der Waals surface area contributed by atoms with Crippen LogP contribution in [0.15, 0.2) is 84.9 Å². The van der Waals surface area contributed by atoms with E-state index in [9.17, 15) is 22.8 Å². The highest BCUT2D eigenvalue weighted by Crippen LogP contribution is 2.50. The summed E-state index contributed by atoms with van der Waals surface area (Å²) in [5.74, 6) is -1.41. The molecule has 6 rings (SSSR count). The Hall–Kier alpha value is -4.07. The van der Waals surface area contributed by atoms with E-state index in [1.807, 2.05) is 79.7 Å². The van der Waals surface area contributed by atoms with Crippen LogP contribution in [0.4, 0.5) is 18.9 Å². The Morgan fingerprint density at radius 3 is 2.46 bits per heavy atom. The average molecular weight is 630 g/mol. The lowest BCUT2D eigenvalue weighted by Crippen LogP contribution is -2.56. The van der Waals surface area contributed by atoms with Gasteiger partial charge < -0.3 is 15.1 Å². The van der Waals surface area contributed by atoms with Gasteiger partial charge >= 0.3 is 6.18 Å². The number of allylic oxidation sites excluding steroid dienone is 2. The van der Waals surface area contributed by atoms with Gasteiger partial charge in [-0.3, -0.25) is 9.59 Å². The lowest BCUT2D eigenvalue weighted by Gasteiger charge is -2.42. The fourth-order valence-electron chi connectivity index (χ4n) is 7.61. The third-order valence-electron chi connectivity index (χ3n) is 9.89. The van der Waals surface area contributed by atoms with Crippen LogP contribution in [0, 0.1) is 0 Å². The number of benzene rings is 3. The molecule has 1 aliphatic heterocycles. The second-order valence-electron chi connectivity index (χ2n) is 12.8. The van der Waals surface area contributed by atoms with Gasteiger partial charge in [0.2, 0.25) is 11.8 Å². The lowest BCUT2D eigenvalue weighted by atomic mass is 9.71. The minimum Gasteiger partial charge on any atom is -0.351 e. The second kappa shape index (κ2) is 13.3. The third kappa shape index (κ3) is 6.18. The van der Waals surface area contributed by atoms with E-state index < -0.39 is 30.0 Å². The SMILES string of the molecule is CCCCN(CC(F)(F)F)C(=O)C1c2ccccc2-c2cccc(N3CCCCC3NC(=O)C3(c4ccccc4)CC=CCC3)c21. The van der Waals surface area contributed by atoms with E-state index in [2.05, 4.69) is 22.4 Å². The summed E-state index contributed by atoms with van der Waals surface area (Å²) in [4.78, 5) is 31.8. The summed E-state index contributed by atoms with van der Waals surface area (Å²) in [5, 5.41) is 3.42. The van der Waals surface area contributed by atoms with Crippen LogP contribution in [-0.2, 0) is 15.0 Å². The molecule has 0 saturated carbocycles. The molecule has 3 atom stereocenters. The van der Waals surface area contributed by atoms with Crippen LogP contribution in [0.25, 0.3) is 11.1 Å². The lowest BCUT2D eigenvalue weighted by molar-refractivity contribution is -0.161. The minimum atomic E-state index is -4.50. The van der Waals surface area contributed by atoms with E-state index >= 15 is 0 Å². The van der Waals surface area contributed by atoms with E-state index in [0.717, 1.165) is 64.1 Å². The molecule has 3 aromatic rings. The number of carbonyl (C=O) groups excluding carboxylic acids is 2. The number of nitrogens with zero attached hydrogens (tertiary/aromatic N) is 2. The number of anilines is 1. The van der Waals surface area contributed by atoms with Crippen LogP contribution in [0.5, 0.6) is 0 Å². The number of unbranched alkanes of at least 4 members (excludes halogenated alkanes) is 1. The predicted molar refractivity (Wildman–Crippen MR) is 176 cm³/mol. The fraction of sp³-hybridized carbons (Fsp3) is 0.421. The van der Waals surface area contributed by atoms with Gasteiger partial charge in [0.05, 0.1) is 11.3 Å². The molecule has 3 unspecified atom stereocenters. The molecule has 1 N–H and O–H groups in total. The molecule has 2 amide bonds. The Morgan fingerprint density at radius 1 is 0.957 bits per heavy atom. The van der Waals surface area contributed by atoms with E-state index in [1.165, 1.54) is 0 Å². The normalized spacial score (nSPS) is 22.2. The first kappa shape index (κ1) is 31.9. The number of amides is 2. The molecule has 242 valence electrons. The van der Waals surface area contributed by atoms with Gasteiger partial charge in [0, 0.05) is 24.3 Å². The Balaban J connectivity index is 1.38. The largest absolute Gasteiger partial charge is 0.406 e. The first-order chi connectivity index (χ1) is 22.2. The average Bonchev–Trinajstić information content (AvgIpc) is 3.41. The van der Waals surface area contributed by atoms with Crippen molar-refractivity contribution in [1.29, 1.82) is 0 Å². The molecule has 0 spiro atoms. The molecule has 1 heterocycles. The van der Waals surface area contributed by atoms with E-state index in [4.69, 9.17) is 0 Å². The maximum atomic E-state index is 14.3. The molecule has 2 aliphatic carbocycles. The number of alkyl halides is 3. The van der Waals surface area contributed by atoms with Crippen molar-refractivity contribution in [3.05, 3.63) is 102 Å². The Kier molecular flexibility index (Phi) is 9.25. The molecule has 3 aromatic carbocycles. The van der Waals surface area contributed by atoms with Gasteiger partial charge in [0.15, 0.2) is 0 Å². The summed E-state index contributed by atoms with van der Waals surface area (Å²) in [6.07, 6.45) is 5.31. The van der Waals surface area contributed by atoms with Gasteiger partial charge in [-0.05, 0) is 73.3 Å². The molecular weight excluding hydrogens is 587 g/mol. The Labute approximate surface area is 269 Å². The van der Waals surface area contributed by atoms with Crippen molar-refractivity contribution in [1.82, 2.24) is 10.2 Å². The Morgan fingerprint density at radius 2 is 1.72 bits per heavy atom. The summed E-state index contributed by atoms with van der Waals surface area (Å²) in [5.41, 5.74) is 4.32. The fourth-order valence-corrected chi connectivity index (χ4v) is 7.61. The van der Waals surface area contributed by atoms with Gasteiger partial charge in [-0.15, -0.1) is 0 Å². The highest BCUT2D eigenvalue weighted by molar-refractivity contribution is 5.99. The van der Waals surface area contributed by atoms with Gasteiger partial charge in [-0.1, -0.05) is 92.2 Å². The molecule has 1 saturated heterocycles. The van der Waals surface area contributed by atoms with Crippen LogP contribution in [-0.4, -0.2) is 48.7 Å². The second-order valence-corrected chi connectivity index (χ2v) is 12.8. The number of rotatable bonds is 9. The van der Waals surface area contributed by atoms with Crippen LogP contribution in [0.2, 0.25) is 0 Å². The summed E-state index contributed by atoms with van der Waals surface area (Å²) in [6, 6.07) is 23.4. The van der Waals surface area contributed by atoms with Crippen LogP contribution in [0.1, 0.15) is 80.9 Å². The quantitative estimate of drug-likeness (QED) is 0.244. The zero-order valence-electron chi connectivity index (χ0n) is 26.4. The molecular formula is C38H42F3N3O2. The van der Waals surface area contributed by atoms with Crippen molar-refractivity contribution >= 4 is 17.5 Å². The minimum absolute atomic E-state index is 0.0145. The molecule has 8 heteroatoms. The van der Waals surface area contributed by atoms with Gasteiger partial charge in [0.25, 0.3) is 0 Å². The maximum absolute atomic E-state index is 14.3. The standard InChI is InChI=1S/C38H42F3N3O2/c1-2-3-24-43(26-38(39,40)41)35(45)34-30-18-9-8-17-28(30)29-19-14-20-31(33(29)34)44-25-13-10-21-32(44)42-36(46)37(22-11-5-12-23-37)27-15-6-4-7-16-27/h4-9,11,14-20,32,34H,2-3,10,12-13,21-26H2,1H3,(H,42,46). The zero-order chi connectivity index (χ0) is 32.3. The smallest absolute Gasteiger partial charge is 0.351 e. The summed E-state index contributed by atoms with van der Waals surface area (Å²) in [7, 11) is 0. The highest BCUT2D eigenvalue weighted by Gasteiger charge is 2.44. The Bertz CT molecular complexity index is 1590. The highest BCUT2D eigenvalue weighted by atomic mass is 19.4.